The summed E-state index contributed by atoms with van der Waals surface area (Å²) >= 11 is 0. The molecule has 3 N–H and O–H groups in total. The van der Waals surface area contributed by atoms with Gasteiger partial charge < -0.3 is 11.1 Å². The molecule has 0 bridgehead atoms. The van der Waals surface area contributed by atoms with Gasteiger partial charge in [-0.15, -0.1) is 0 Å². The number of carbonyl (C=O) groups excluding carboxylic acids is 1. The molecule has 0 aromatic heterocycles. The minimum atomic E-state index is -0.587. The van der Waals surface area contributed by atoms with Crippen molar-refractivity contribution in [1.29, 1.82) is 0 Å². The topological polar surface area (TPSA) is 55.1 Å². The number of anilines is 2. The second-order valence-electron chi connectivity index (χ2n) is 4.20. The summed E-state index contributed by atoms with van der Waals surface area (Å²) in [6.45, 7) is 2.01. The summed E-state index contributed by atoms with van der Waals surface area (Å²) in [5.74, 6) is -0.934. The van der Waals surface area contributed by atoms with E-state index in [1.807, 2.05) is 31.2 Å². The van der Waals surface area contributed by atoms with E-state index in [1.54, 1.807) is 0 Å². The number of rotatable bonds is 3. The van der Waals surface area contributed by atoms with Crippen LogP contribution < -0.4 is 11.1 Å². The molecule has 0 heterocycles. The molecule has 19 heavy (non-hydrogen) atoms. The van der Waals surface area contributed by atoms with Gasteiger partial charge in [0.05, 0.1) is 5.69 Å². The van der Waals surface area contributed by atoms with Crippen LogP contribution >= 0.6 is 0 Å². The van der Waals surface area contributed by atoms with Crippen LogP contribution in [-0.4, -0.2) is 5.91 Å². The van der Waals surface area contributed by atoms with Crippen molar-refractivity contribution in [2.45, 2.75) is 13.3 Å². The fraction of sp³-hybridized carbons (Fsp3) is 0.133. The Bertz CT molecular complexity index is 611. The van der Waals surface area contributed by atoms with E-state index in [4.69, 9.17) is 5.73 Å². The number of halogens is 1. The Hall–Kier alpha value is -2.36. The van der Waals surface area contributed by atoms with Gasteiger partial charge in [0, 0.05) is 11.3 Å². The molecule has 98 valence electrons. The minimum absolute atomic E-state index is 0.0329. The quantitative estimate of drug-likeness (QED) is 0.830. The average Bonchev–Trinajstić information content (AvgIpc) is 2.42. The molecular formula is C15H15FN2O. The third-order valence-corrected chi connectivity index (χ3v) is 2.91. The highest BCUT2D eigenvalue weighted by molar-refractivity contribution is 6.04. The van der Waals surface area contributed by atoms with Crippen LogP contribution in [0.25, 0.3) is 0 Å². The molecule has 2 aromatic carbocycles. The van der Waals surface area contributed by atoms with Crippen molar-refractivity contribution in [1.82, 2.24) is 0 Å². The molecule has 4 heteroatoms. The number of hydrogen-bond acceptors (Lipinski definition) is 2. The van der Waals surface area contributed by atoms with Crippen LogP contribution in [0.4, 0.5) is 15.8 Å². The van der Waals surface area contributed by atoms with E-state index >= 15 is 0 Å². The first-order chi connectivity index (χ1) is 9.11. The van der Waals surface area contributed by atoms with Gasteiger partial charge in [-0.3, -0.25) is 4.79 Å². The maximum absolute atomic E-state index is 13.3. The van der Waals surface area contributed by atoms with Crippen molar-refractivity contribution in [3.63, 3.8) is 0 Å². The van der Waals surface area contributed by atoms with E-state index in [-0.39, 0.29) is 17.2 Å². The molecule has 0 saturated heterocycles. The van der Waals surface area contributed by atoms with Gasteiger partial charge in [0.15, 0.2) is 0 Å². The molecule has 0 aliphatic heterocycles. The molecule has 2 rings (SSSR count). The van der Waals surface area contributed by atoms with Gasteiger partial charge in [0.1, 0.15) is 5.82 Å². The molecule has 0 radical (unpaired) electrons. The molecule has 1 amide bonds. The number of amides is 1. The molecule has 0 aliphatic carbocycles. The Morgan fingerprint density at radius 3 is 2.68 bits per heavy atom. The first-order valence-corrected chi connectivity index (χ1v) is 6.06. The molecule has 0 fully saturated rings. The highest BCUT2D eigenvalue weighted by atomic mass is 19.1. The highest BCUT2D eigenvalue weighted by Crippen LogP contribution is 2.18. The third-order valence-electron chi connectivity index (χ3n) is 2.91. The number of hydrogen-bond donors (Lipinski definition) is 2. The monoisotopic (exact) mass is 258 g/mol. The fourth-order valence-electron chi connectivity index (χ4n) is 1.81. The zero-order valence-electron chi connectivity index (χ0n) is 10.6. The van der Waals surface area contributed by atoms with Gasteiger partial charge in [-0.2, -0.15) is 0 Å². The maximum Gasteiger partial charge on any atom is 0.255 e. The number of nitrogen functional groups attached to an aromatic ring is 1. The van der Waals surface area contributed by atoms with E-state index in [2.05, 4.69) is 5.32 Å². The Labute approximate surface area is 111 Å². The Morgan fingerprint density at radius 2 is 2.00 bits per heavy atom. The van der Waals surface area contributed by atoms with Crippen molar-refractivity contribution in [3.05, 3.63) is 59.4 Å². The lowest BCUT2D eigenvalue weighted by atomic mass is 10.1. The summed E-state index contributed by atoms with van der Waals surface area (Å²) in [4.78, 5) is 12.0. The summed E-state index contributed by atoms with van der Waals surface area (Å²) in [6, 6.07) is 11.6. The summed E-state index contributed by atoms with van der Waals surface area (Å²) in [5, 5.41) is 2.78. The first-order valence-electron chi connectivity index (χ1n) is 6.06. The van der Waals surface area contributed by atoms with E-state index in [9.17, 15) is 9.18 Å². The lowest BCUT2D eigenvalue weighted by Crippen LogP contribution is -2.13. The minimum Gasteiger partial charge on any atom is -0.396 e. The predicted octanol–water partition coefficient (Wildman–Crippen LogP) is 3.22. The fourth-order valence-corrected chi connectivity index (χ4v) is 1.81. The van der Waals surface area contributed by atoms with Crippen LogP contribution in [0, 0.1) is 5.82 Å². The summed E-state index contributed by atoms with van der Waals surface area (Å²) < 4.78 is 13.3. The number of nitrogens with one attached hydrogen (secondary N) is 1. The van der Waals surface area contributed by atoms with Crippen LogP contribution in [0.1, 0.15) is 22.8 Å². The zero-order chi connectivity index (χ0) is 13.8. The molecule has 0 atom stereocenters. The Balaban J connectivity index is 2.23. The number of carbonyl (C=O) groups is 1. The smallest absolute Gasteiger partial charge is 0.255 e. The average molecular weight is 258 g/mol. The summed E-state index contributed by atoms with van der Waals surface area (Å²) in [7, 11) is 0. The van der Waals surface area contributed by atoms with Crippen LogP contribution in [0.2, 0.25) is 0 Å². The van der Waals surface area contributed by atoms with Crippen molar-refractivity contribution in [2.24, 2.45) is 0 Å². The second kappa shape index (κ2) is 5.52. The van der Waals surface area contributed by atoms with Crippen molar-refractivity contribution in [3.8, 4) is 0 Å². The molecule has 0 unspecified atom stereocenters. The van der Waals surface area contributed by atoms with E-state index in [1.165, 1.54) is 12.1 Å². The van der Waals surface area contributed by atoms with Crippen molar-refractivity contribution >= 4 is 17.3 Å². The Morgan fingerprint density at radius 1 is 1.26 bits per heavy atom. The second-order valence-corrected chi connectivity index (χ2v) is 4.20. The molecule has 3 nitrogen and oxygen atoms in total. The molecule has 2 aromatic rings. The SMILES string of the molecule is CCc1ccccc1NC(=O)c1ccc(N)c(F)c1. The lowest BCUT2D eigenvalue weighted by Gasteiger charge is -2.10. The standard InChI is InChI=1S/C15H15FN2O/c1-2-10-5-3-4-6-14(10)18-15(19)11-7-8-13(17)12(16)9-11/h3-9H,2,17H2,1H3,(H,18,19). The van der Waals surface area contributed by atoms with Gasteiger partial charge in [0.25, 0.3) is 5.91 Å². The summed E-state index contributed by atoms with van der Waals surface area (Å²) in [6.07, 6.45) is 0.812. The van der Waals surface area contributed by atoms with E-state index in [0.29, 0.717) is 0 Å². The largest absolute Gasteiger partial charge is 0.396 e. The van der Waals surface area contributed by atoms with Gasteiger partial charge in [-0.25, -0.2) is 4.39 Å². The Kier molecular flexibility index (Phi) is 3.80. The molecule has 0 saturated carbocycles. The van der Waals surface area contributed by atoms with Crippen LogP contribution in [0.3, 0.4) is 0 Å². The van der Waals surface area contributed by atoms with Crippen molar-refractivity contribution < 1.29 is 9.18 Å². The predicted molar refractivity (Wildman–Crippen MR) is 74.6 cm³/mol. The first kappa shape index (κ1) is 13.1. The maximum atomic E-state index is 13.3. The van der Waals surface area contributed by atoms with Gasteiger partial charge in [0.2, 0.25) is 0 Å². The van der Waals surface area contributed by atoms with Crippen LogP contribution in [-0.2, 0) is 6.42 Å². The number of aryl methyl sites for hydroxylation is 1. The van der Waals surface area contributed by atoms with Gasteiger partial charge >= 0.3 is 0 Å². The van der Waals surface area contributed by atoms with Crippen molar-refractivity contribution in [2.75, 3.05) is 11.1 Å². The van der Waals surface area contributed by atoms with Crippen LogP contribution in [0.15, 0.2) is 42.5 Å². The molecule has 0 spiro atoms. The zero-order valence-corrected chi connectivity index (χ0v) is 10.6. The lowest BCUT2D eigenvalue weighted by molar-refractivity contribution is 0.102. The van der Waals surface area contributed by atoms with Gasteiger partial charge in [-0.1, -0.05) is 25.1 Å². The summed E-state index contributed by atoms with van der Waals surface area (Å²) in [5.41, 5.74) is 7.44. The number of benzene rings is 2. The van der Waals surface area contributed by atoms with E-state index in [0.717, 1.165) is 23.7 Å². The normalized spacial score (nSPS) is 10.2. The molecular weight excluding hydrogens is 243 g/mol. The van der Waals surface area contributed by atoms with E-state index < -0.39 is 5.82 Å². The van der Waals surface area contributed by atoms with Gasteiger partial charge in [-0.05, 0) is 36.2 Å². The number of para-hydroxylation sites is 1. The highest BCUT2D eigenvalue weighted by Gasteiger charge is 2.10. The molecule has 0 aliphatic rings. The van der Waals surface area contributed by atoms with Crippen LogP contribution in [0.5, 0.6) is 0 Å². The third kappa shape index (κ3) is 2.91. The number of nitrogens with two attached hydrogens (primary N) is 1.